The number of fused-ring (bicyclic) bond motifs is 1. The van der Waals surface area contributed by atoms with Crippen LogP contribution in [0.4, 0.5) is 11.4 Å². The van der Waals surface area contributed by atoms with Crippen molar-refractivity contribution in [1.29, 1.82) is 0 Å². The fourth-order valence-corrected chi connectivity index (χ4v) is 4.49. The van der Waals surface area contributed by atoms with Crippen LogP contribution >= 0.6 is 0 Å². The van der Waals surface area contributed by atoms with E-state index < -0.39 is 5.41 Å². The van der Waals surface area contributed by atoms with Gasteiger partial charge in [0.1, 0.15) is 6.61 Å². The van der Waals surface area contributed by atoms with Gasteiger partial charge in [-0.1, -0.05) is 36.4 Å². The van der Waals surface area contributed by atoms with E-state index in [1.807, 2.05) is 48.5 Å². The lowest BCUT2D eigenvalue weighted by atomic mass is 9.73. The third-order valence-corrected chi connectivity index (χ3v) is 6.14. The van der Waals surface area contributed by atoms with Crippen LogP contribution in [-0.4, -0.2) is 45.3 Å². The molecule has 1 saturated heterocycles. The van der Waals surface area contributed by atoms with Crippen LogP contribution < -0.4 is 10.2 Å². The van der Waals surface area contributed by atoms with Crippen molar-refractivity contribution < 1.29 is 19.1 Å². The molecule has 0 radical (unpaired) electrons. The van der Waals surface area contributed by atoms with Gasteiger partial charge in [0.05, 0.1) is 5.41 Å². The highest BCUT2D eigenvalue weighted by Gasteiger charge is 2.41. The molecule has 30 heavy (non-hydrogen) atoms. The zero-order valence-corrected chi connectivity index (χ0v) is 17.4. The number of ether oxygens (including phenoxy) is 2. The number of benzene rings is 2. The zero-order chi connectivity index (χ0) is 21.0. The molecule has 2 heterocycles. The van der Waals surface area contributed by atoms with Gasteiger partial charge in [-0.05, 0) is 48.9 Å². The highest BCUT2D eigenvalue weighted by atomic mass is 16.5. The van der Waals surface area contributed by atoms with Crippen molar-refractivity contribution in [2.24, 2.45) is 0 Å². The molecule has 6 nitrogen and oxygen atoms in total. The number of carbonyl (C=O) groups is 2. The zero-order valence-electron chi connectivity index (χ0n) is 17.4. The van der Waals surface area contributed by atoms with E-state index in [-0.39, 0.29) is 18.4 Å². The molecule has 0 bridgehead atoms. The van der Waals surface area contributed by atoms with Crippen LogP contribution in [0.5, 0.6) is 0 Å². The summed E-state index contributed by atoms with van der Waals surface area (Å²) in [6, 6.07) is 15.8. The van der Waals surface area contributed by atoms with Gasteiger partial charge in [-0.2, -0.15) is 0 Å². The summed E-state index contributed by atoms with van der Waals surface area (Å²) in [5, 5.41) is 3.13. The number of nitrogens with one attached hydrogen (secondary N) is 1. The highest BCUT2D eigenvalue weighted by Crippen LogP contribution is 2.37. The van der Waals surface area contributed by atoms with Crippen LogP contribution in [0, 0.1) is 0 Å². The van der Waals surface area contributed by atoms with Crippen molar-refractivity contribution in [1.82, 2.24) is 0 Å². The lowest BCUT2D eigenvalue weighted by molar-refractivity contribution is -0.125. The Hall–Kier alpha value is -2.70. The van der Waals surface area contributed by atoms with Crippen molar-refractivity contribution in [3.8, 4) is 0 Å². The second-order valence-electron chi connectivity index (χ2n) is 7.94. The summed E-state index contributed by atoms with van der Waals surface area (Å²) in [6.45, 7) is 1.84. The van der Waals surface area contributed by atoms with Gasteiger partial charge in [0, 0.05) is 38.2 Å². The van der Waals surface area contributed by atoms with Crippen molar-refractivity contribution in [3.05, 3.63) is 59.7 Å². The van der Waals surface area contributed by atoms with Crippen LogP contribution in [0.25, 0.3) is 0 Å². The quantitative estimate of drug-likeness (QED) is 0.824. The first kappa shape index (κ1) is 20.6. The molecule has 2 aromatic rings. The summed E-state index contributed by atoms with van der Waals surface area (Å²) in [4.78, 5) is 27.7. The number of methoxy groups -OCH3 is 1. The number of carbonyl (C=O) groups excluding carboxylic acids is 2. The maximum Gasteiger partial charge on any atom is 0.252 e. The third-order valence-electron chi connectivity index (χ3n) is 6.14. The van der Waals surface area contributed by atoms with Gasteiger partial charge in [-0.15, -0.1) is 0 Å². The number of amides is 2. The minimum atomic E-state index is -0.610. The Bertz CT molecular complexity index is 907. The number of hydrogen-bond donors (Lipinski definition) is 1. The molecule has 1 fully saturated rings. The van der Waals surface area contributed by atoms with Gasteiger partial charge in [-0.3, -0.25) is 9.59 Å². The Labute approximate surface area is 177 Å². The molecule has 2 aromatic carbocycles. The smallest absolute Gasteiger partial charge is 0.252 e. The molecule has 0 aliphatic carbocycles. The Kier molecular flexibility index (Phi) is 6.16. The molecule has 0 saturated carbocycles. The molecule has 0 atom stereocenters. The van der Waals surface area contributed by atoms with Gasteiger partial charge < -0.3 is 19.7 Å². The van der Waals surface area contributed by atoms with Crippen molar-refractivity contribution in [2.75, 3.05) is 43.7 Å². The summed E-state index contributed by atoms with van der Waals surface area (Å²) in [7, 11) is 1.52. The van der Waals surface area contributed by atoms with Gasteiger partial charge in [0.25, 0.3) is 5.91 Å². The van der Waals surface area contributed by atoms with Gasteiger partial charge >= 0.3 is 0 Å². The summed E-state index contributed by atoms with van der Waals surface area (Å²) in [6.07, 6.45) is 3.13. The van der Waals surface area contributed by atoms with E-state index in [4.69, 9.17) is 9.47 Å². The lowest BCUT2D eigenvalue weighted by Gasteiger charge is -2.36. The molecular formula is C24H28N2O4. The minimum Gasteiger partial charge on any atom is -0.381 e. The van der Waals surface area contributed by atoms with Crippen molar-refractivity contribution >= 4 is 23.2 Å². The molecular weight excluding hydrogens is 380 g/mol. The first-order valence-electron chi connectivity index (χ1n) is 10.5. The molecule has 1 N–H and O–H groups in total. The molecule has 2 aliphatic rings. The topological polar surface area (TPSA) is 67.9 Å². The Morgan fingerprint density at radius 3 is 2.63 bits per heavy atom. The predicted octanol–water partition coefficient (Wildman–Crippen LogP) is 3.30. The Balaban J connectivity index is 1.61. The molecule has 0 unspecified atom stereocenters. The van der Waals surface area contributed by atoms with E-state index in [0.717, 1.165) is 29.7 Å². The molecule has 0 aromatic heterocycles. The molecule has 6 heteroatoms. The van der Waals surface area contributed by atoms with E-state index in [2.05, 4.69) is 5.32 Å². The fourth-order valence-electron chi connectivity index (χ4n) is 4.49. The van der Waals surface area contributed by atoms with E-state index >= 15 is 0 Å². The number of hydrogen-bond acceptors (Lipinski definition) is 4. The first-order chi connectivity index (χ1) is 14.6. The lowest BCUT2D eigenvalue weighted by Crippen LogP contribution is -2.45. The maximum atomic E-state index is 13.5. The van der Waals surface area contributed by atoms with Crippen LogP contribution in [0.15, 0.2) is 48.5 Å². The summed E-state index contributed by atoms with van der Waals surface area (Å²) < 4.78 is 10.6. The number of anilines is 2. The SMILES string of the molecule is COCC(=O)N1CCCc2ccc(NC(=O)C3(c4ccccc4)CCOCC3)cc21. The summed E-state index contributed by atoms with van der Waals surface area (Å²) >= 11 is 0. The normalized spacial score (nSPS) is 17.8. The van der Waals surface area contributed by atoms with E-state index in [1.165, 1.54) is 7.11 Å². The second kappa shape index (κ2) is 8.98. The monoisotopic (exact) mass is 408 g/mol. The van der Waals surface area contributed by atoms with Crippen LogP contribution in [0.3, 0.4) is 0 Å². The van der Waals surface area contributed by atoms with Crippen LogP contribution in [0.2, 0.25) is 0 Å². The maximum absolute atomic E-state index is 13.5. The average Bonchev–Trinajstić information content (AvgIpc) is 2.79. The Morgan fingerprint density at radius 1 is 1.13 bits per heavy atom. The van der Waals surface area contributed by atoms with Gasteiger partial charge in [0.15, 0.2) is 0 Å². The fraction of sp³-hybridized carbons (Fsp3) is 0.417. The number of rotatable bonds is 5. The van der Waals surface area contributed by atoms with Crippen LogP contribution in [-0.2, 0) is 30.9 Å². The molecule has 4 rings (SSSR count). The highest BCUT2D eigenvalue weighted by molar-refractivity contribution is 6.01. The second-order valence-corrected chi connectivity index (χ2v) is 7.94. The molecule has 158 valence electrons. The first-order valence-corrected chi connectivity index (χ1v) is 10.5. The number of nitrogens with zero attached hydrogens (tertiary/aromatic N) is 1. The van der Waals surface area contributed by atoms with Crippen LogP contribution in [0.1, 0.15) is 30.4 Å². The largest absolute Gasteiger partial charge is 0.381 e. The molecule has 2 aliphatic heterocycles. The third kappa shape index (κ3) is 3.98. The average molecular weight is 408 g/mol. The minimum absolute atomic E-state index is 0.0254. The Morgan fingerprint density at radius 2 is 1.90 bits per heavy atom. The van der Waals surface area contributed by atoms with E-state index in [1.54, 1.807) is 4.90 Å². The van der Waals surface area contributed by atoms with Crippen molar-refractivity contribution in [2.45, 2.75) is 31.1 Å². The molecule has 2 amide bonds. The van der Waals surface area contributed by atoms with Crippen molar-refractivity contribution in [3.63, 3.8) is 0 Å². The van der Waals surface area contributed by atoms with E-state index in [0.29, 0.717) is 38.3 Å². The van der Waals surface area contributed by atoms with Gasteiger partial charge in [0.2, 0.25) is 5.91 Å². The molecule has 0 spiro atoms. The summed E-state index contributed by atoms with van der Waals surface area (Å²) in [5.41, 5.74) is 3.09. The summed E-state index contributed by atoms with van der Waals surface area (Å²) in [5.74, 6) is -0.0883. The predicted molar refractivity (Wildman–Crippen MR) is 116 cm³/mol. The number of aryl methyl sites for hydroxylation is 1. The van der Waals surface area contributed by atoms with Gasteiger partial charge in [-0.25, -0.2) is 0 Å². The van der Waals surface area contributed by atoms with E-state index in [9.17, 15) is 9.59 Å². The standard InChI is InChI=1S/C24H28N2O4/c1-29-17-22(27)26-13-5-6-18-9-10-20(16-21(18)26)25-23(28)24(11-14-30-15-12-24)19-7-3-2-4-8-19/h2-4,7-10,16H,5-6,11-15,17H2,1H3,(H,25,28).